The molecule has 1 aromatic rings. The Bertz CT molecular complexity index is 365. The van der Waals surface area contributed by atoms with Gasteiger partial charge in [0.1, 0.15) is 0 Å². The van der Waals surface area contributed by atoms with Crippen molar-refractivity contribution in [3.8, 4) is 0 Å². The number of rotatable bonds is 5. The van der Waals surface area contributed by atoms with Crippen LogP contribution in [0.3, 0.4) is 0 Å². The summed E-state index contributed by atoms with van der Waals surface area (Å²) in [4.78, 5) is 22.7. The number of hydrogen-bond donors (Lipinski definition) is 1. The van der Waals surface area contributed by atoms with Crippen LogP contribution in [0.25, 0.3) is 0 Å². The Morgan fingerprint density at radius 1 is 1.33 bits per heavy atom. The molecule has 0 aromatic heterocycles. The van der Waals surface area contributed by atoms with Gasteiger partial charge in [0.15, 0.2) is 0 Å². The number of carbonyl (C=O) groups excluding carboxylic acids is 2. The van der Waals surface area contributed by atoms with E-state index in [1.807, 2.05) is 6.07 Å². The zero-order chi connectivity index (χ0) is 11.1. The molecule has 0 heterocycles. The molecule has 0 fully saturated rings. The molecule has 5 heteroatoms. The summed E-state index contributed by atoms with van der Waals surface area (Å²) < 4.78 is 6.13. The van der Waals surface area contributed by atoms with Gasteiger partial charge in [0, 0.05) is 0 Å². The number of halogens is 1. The molecule has 0 atom stereocenters. The standard InChI is InChI=1S/C10H10IN2O2/c1-12-11-13-10(15)7-9(14)8-5-3-2-4-6-8/h2-6H,1,7H2,(H,13,15)/q-1. The van der Waals surface area contributed by atoms with Crippen LogP contribution in [-0.2, 0) is 4.79 Å². The first-order chi connectivity index (χ1) is 7.24. The zero-order valence-corrected chi connectivity index (χ0v) is 10.1. The molecule has 0 aliphatic carbocycles. The van der Waals surface area contributed by atoms with Crippen molar-refractivity contribution < 1.29 is 31.3 Å². The van der Waals surface area contributed by atoms with E-state index in [9.17, 15) is 9.59 Å². The first-order valence-corrected chi connectivity index (χ1v) is 6.24. The third-order valence-corrected chi connectivity index (χ3v) is 2.81. The van der Waals surface area contributed by atoms with E-state index in [0.29, 0.717) is 5.56 Å². The average Bonchev–Trinajstić information content (AvgIpc) is 2.27. The third-order valence-electron chi connectivity index (χ3n) is 1.62. The Kier molecular flexibility index (Phi) is 4.96. The van der Waals surface area contributed by atoms with Crippen molar-refractivity contribution >= 4 is 18.4 Å². The Hall–Kier alpha value is -1.24. The summed E-state index contributed by atoms with van der Waals surface area (Å²) in [5, 5.41) is 0. The van der Waals surface area contributed by atoms with Crippen molar-refractivity contribution in [1.82, 2.24) is 3.53 Å². The molecule has 0 spiro atoms. The fourth-order valence-electron chi connectivity index (χ4n) is 0.982. The van der Waals surface area contributed by atoms with Crippen molar-refractivity contribution in [3.05, 3.63) is 35.9 Å². The minimum atomic E-state index is -0.752. The molecule has 1 amide bonds. The molecule has 0 aliphatic rings. The summed E-state index contributed by atoms with van der Waals surface area (Å²) >= 11 is -0.752. The number of hydrogen-bond acceptors (Lipinski definition) is 3. The van der Waals surface area contributed by atoms with E-state index in [2.05, 4.69) is 13.5 Å². The molecule has 1 rings (SSSR count). The molecule has 1 N–H and O–H groups in total. The Balaban J connectivity index is 2.49. The molecule has 0 bridgehead atoms. The van der Waals surface area contributed by atoms with Gasteiger partial charge < -0.3 is 0 Å². The Morgan fingerprint density at radius 2 is 2.00 bits per heavy atom. The number of amides is 1. The molecule has 80 valence electrons. The maximum atomic E-state index is 11.5. The number of carbonyl (C=O) groups is 2. The third kappa shape index (κ3) is 4.20. The number of Topliss-reactive ketones (excluding diaryl/α,β-unsaturated/α-hetero) is 1. The van der Waals surface area contributed by atoms with Crippen LogP contribution in [0.15, 0.2) is 33.5 Å². The Morgan fingerprint density at radius 3 is 2.60 bits per heavy atom. The summed E-state index contributed by atoms with van der Waals surface area (Å²) in [6.07, 6.45) is -0.126. The summed E-state index contributed by atoms with van der Waals surface area (Å²) in [6, 6.07) is 8.74. The minimum absolute atomic E-state index is 0.126. The predicted octanol–water partition coefficient (Wildman–Crippen LogP) is -2.00. The second kappa shape index (κ2) is 6.28. The SMILES string of the molecule is C=N[I-]NC(=O)CC(=O)c1ccccc1. The van der Waals surface area contributed by atoms with Crippen LogP contribution >= 0.6 is 0 Å². The number of nitrogens with zero attached hydrogens (tertiary/aromatic N) is 1. The van der Waals surface area contributed by atoms with Gasteiger partial charge in [-0.3, -0.25) is 0 Å². The van der Waals surface area contributed by atoms with Crippen molar-refractivity contribution in [2.75, 3.05) is 0 Å². The van der Waals surface area contributed by atoms with E-state index in [1.54, 1.807) is 24.3 Å². The molecule has 0 saturated heterocycles. The van der Waals surface area contributed by atoms with Crippen LogP contribution in [0.5, 0.6) is 0 Å². The zero-order valence-electron chi connectivity index (χ0n) is 7.94. The number of benzene rings is 1. The van der Waals surface area contributed by atoms with Crippen LogP contribution in [-0.4, -0.2) is 18.4 Å². The molecule has 1 aromatic carbocycles. The quantitative estimate of drug-likeness (QED) is 0.224. The number of nitrogens with one attached hydrogen (secondary N) is 1. The van der Waals surface area contributed by atoms with Gasteiger partial charge in [-0.2, -0.15) is 0 Å². The van der Waals surface area contributed by atoms with Crippen LogP contribution < -0.4 is 25.3 Å². The molecule has 4 nitrogen and oxygen atoms in total. The van der Waals surface area contributed by atoms with Gasteiger partial charge >= 0.3 is 98.8 Å². The summed E-state index contributed by atoms with van der Waals surface area (Å²) in [7, 11) is 0. The van der Waals surface area contributed by atoms with Crippen molar-refractivity contribution in [2.45, 2.75) is 6.42 Å². The summed E-state index contributed by atoms with van der Waals surface area (Å²) in [5.41, 5.74) is 0.553. The van der Waals surface area contributed by atoms with Gasteiger partial charge in [0.25, 0.3) is 0 Å². The van der Waals surface area contributed by atoms with Gasteiger partial charge in [-0.05, 0) is 0 Å². The van der Waals surface area contributed by atoms with Gasteiger partial charge in [-0.1, -0.05) is 0 Å². The fourth-order valence-corrected chi connectivity index (χ4v) is 1.61. The van der Waals surface area contributed by atoms with Crippen LogP contribution in [0.2, 0.25) is 0 Å². The molecule has 0 saturated carbocycles. The average molecular weight is 317 g/mol. The van der Waals surface area contributed by atoms with E-state index >= 15 is 0 Å². The first-order valence-electron chi connectivity index (χ1n) is 4.20. The summed E-state index contributed by atoms with van der Waals surface area (Å²) in [6.45, 7) is 3.27. The van der Waals surface area contributed by atoms with Gasteiger partial charge in [-0.15, -0.1) is 0 Å². The predicted molar refractivity (Wildman–Crippen MR) is 53.1 cm³/mol. The number of ketones is 1. The van der Waals surface area contributed by atoms with Crippen molar-refractivity contribution in [3.63, 3.8) is 0 Å². The fraction of sp³-hybridized carbons (Fsp3) is 0.100. The van der Waals surface area contributed by atoms with Crippen LogP contribution in [0.1, 0.15) is 16.8 Å². The maximum absolute atomic E-state index is 11.5. The van der Waals surface area contributed by atoms with E-state index in [1.165, 1.54) is 0 Å². The van der Waals surface area contributed by atoms with Crippen LogP contribution in [0.4, 0.5) is 0 Å². The Labute approximate surface area is 98.8 Å². The van der Waals surface area contributed by atoms with E-state index in [-0.39, 0.29) is 18.1 Å². The van der Waals surface area contributed by atoms with Gasteiger partial charge in [-0.25, -0.2) is 0 Å². The van der Waals surface area contributed by atoms with E-state index in [0.717, 1.165) is 0 Å². The van der Waals surface area contributed by atoms with Crippen molar-refractivity contribution in [2.24, 2.45) is 3.21 Å². The molecular formula is C10H10IN2O2-. The summed E-state index contributed by atoms with van der Waals surface area (Å²) in [5.74, 6) is -0.467. The topological polar surface area (TPSA) is 58.5 Å². The van der Waals surface area contributed by atoms with Crippen molar-refractivity contribution in [1.29, 1.82) is 0 Å². The van der Waals surface area contributed by atoms with E-state index < -0.39 is 21.8 Å². The second-order valence-corrected chi connectivity index (χ2v) is 4.39. The molecule has 0 unspecified atom stereocenters. The molecule has 15 heavy (non-hydrogen) atoms. The second-order valence-electron chi connectivity index (χ2n) is 2.69. The van der Waals surface area contributed by atoms with E-state index in [4.69, 9.17) is 0 Å². The molecule has 0 aliphatic heterocycles. The first kappa shape index (κ1) is 11.8. The van der Waals surface area contributed by atoms with Crippen LogP contribution in [0, 0.1) is 0 Å². The normalized spacial score (nSPS) is 9.60. The van der Waals surface area contributed by atoms with Gasteiger partial charge in [0.2, 0.25) is 0 Å². The molecular weight excluding hydrogens is 307 g/mol. The molecule has 0 radical (unpaired) electrons. The van der Waals surface area contributed by atoms with Gasteiger partial charge in [0.05, 0.1) is 0 Å². The monoisotopic (exact) mass is 317 g/mol.